The maximum absolute atomic E-state index is 9.95. The second-order valence-corrected chi connectivity index (χ2v) is 1.47. The molecule has 1 aliphatic rings. The molecule has 0 radical (unpaired) electrons. The van der Waals surface area contributed by atoms with Gasteiger partial charge in [-0.1, -0.05) is 0 Å². The molecule has 1 aliphatic carbocycles. The van der Waals surface area contributed by atoms with Gasteiger partial charge in [-0.15, -0.1) is 0 Å². The Morgan fingerprint density at radius 2 is 1.88 bits per heavy atom. The zero-order valence-electron chi connectivity index (χ0n) is 4.48. The first kappa shape index (κ1) is 11.2. The summed E-state index contributed by atoms with van der Waals surface area (Å²) < 4.78 is 0. The van der Waals surface area contributed by atoms with Crippen LogP contribution in [0.25, 0.3) is 0 Å². The Labute approximate surface area is 70.8 Å². The molecule has 0 spiro atoms. The maximum atomic E-state index is 9.95. The molecule has 8 heavy (non-hydrogen) atoms. The van der Waals surface area contributed by atoms with Crippen LogP contribution in [-0.4, -0.2) is 29.0 Å². The number of amides is 1. The average Bonchev–Trinajstić information content (AvgIpc) is 2.06. The van der Waals surface area contributed by atoms with Gasteiger partial charge in [-0.05, 0) is 0 Å². The first-order valence-corrected chi connectivity index (χ1v) is 1.95. The summed E-state index contributed by atoms with van der Waals surface area (Å²) >= 11 is 0. The van der Waals surface area contributed by atoms with Gasteiger partial charge in [0.2, 0.25) is 0 Å². The predicted octanol–water partition coefficient (Wildman–Crippen LogP) is -3.54. The Morgan fingerprint density at radius 1 is 1.50 bits per heavy atom. The number of nitrogens with two attached hydrogens (primary N) is 1. The van der Waals surface area contributed by atoms with E-state index < -0.39 is 0 Å². The van der Waals surface area contributed by atoms with E-state index in [0.29, 0.717) is 0 Å². The zero-order chi connectivity index (χ0) is 4.57. The minimum atomic E-state index is -0.213. The number of primary amides is 1. The number of halogens is 1. The van der Waals surface area contributed by atoms with Gasteiger partial charge in [0.1, 0.15) is 0 Å². The van der Waals surface area contributed by atoms with Gasteiger partial charge in [0, 0.05) is 0 Å². The molecule has 1 rings (SSSR count). The molecule has 42 valence electrons. The third-order valence-electron chi connectivity index (χ3n) is 0.848. The topological polar surface area (TPSA) is 43.1 Å². The normalized spacial score (nSPS) is 13.2. The van der Waals surface area contributed by atoms with Crippen LogP contribution in [-0.2, 0) is 4.79 Å². The molecule has 0 saturated heterocycles. The molecule has 1 fully saturated rings. The van der Waals surface area contributed by atoms with E-state index in [1.807, 2.05) is 0 Å². The molecule has 0 aliphatic heterocycles. The van der Waals surface area contributed by atoms with Gasteiger partial charge in [-0.3, -0.25) is 5.92 Å². The van der Waals surface area contributed by atoms with Crippen LogP contribution in [0.4, 0.5) is 0 Å². The van der Waals surface area contributed by atoms with Crippen LogP contribution < -0.4 is 18.1 Å². The van der Waals surface area contributed by atoms with Gasteiger partial charge in [0.25, 0.3) is 0 Å². The summed E-state index contributed by atoms with van der Waals surface area (Å²) in [5.74, 6) is 0.685. The maximum Gasteiger partial charge on any atom is 2.00 e. The summed E-state index contributed by atoms with van der Waals surface area (Å²) in [7, 11) is 0. The van der Waals surface area contributed by atoms with Gasteiger partial charge in [0.05, 0.1) is 5.91 Å². The standard InChI is InChI=1S/C4H6NO.ClH.Mg/c5-4(6)3-1-2-3;;/h1-2H2,(H2,5,6);1H;/q-1;;+2/p-1. The van der Waals surface area contributed by atoms with Crippen molar-refractivity contribution < 1.29 is 17.2 Å². The predicted molar refractivity (Wildman–Crippen MR) is 27.4 cm³/mol. The van der Waals surface area contributed by atoms with Gasteiger partial charge in [-0.2, -0.15) is 12.8 Å². The Kier molecular flexibility index (Phi) is 6.02. The Balaban J connectivity index is 0. The molecule has 4 heteroatoms. The van der Waals surface area contributed by atoms with Crippen LogP contribution in [0.2, 0.25) is 0 Å². The minimum absolute atomic E-state index is 0. The van der Waals surface area contributed by atoms with Crippen molar-refractivity contribution in [3.63, 3.8) is 0 Å². The van der Waals surface area contributed by atoms with E-state index in [4.69, 9.17) is 5.73 Å². The third-order valence-corrected chi connectivity index (χ3v) is 0.848. The van der Waals surface area contributed by atoms with E-state index in [9.17, 15) is 4.79 Å². The van der Waals surface area contributed by atoms with Gasteiger partial charge >= 0.3 is 23.1 Å². The van der Waals surface area contributed by atoms with Crippen molar-refractivity contribution >= 4 is 29.0 Å². The second kappa shape index (κ2) is 4.29. The van der Waals surface area contributed by atoms with Crippen molar-refractivity contribution in [2.45, 2.75) is 12.8 Å². The van der Waals surface area contributed by atoms with E-state index in [1.165, 1.54) is 0 Å². The summed E-state index contributed by atoms with van der Waals surface area (Å²) in [5.41, 5.74) is 4.82. The van der Waals surface area contributed by atoms with Gasteiger partial charge in [0.15, 0.2) is 0 Å². The average molecular weight is 144 g/mol. The molecule has 0 aromatic carbocycles. The summed E-state index contributed by atoms with van der Waals surface area (Å²) in [4.78, 5) is 9.95. The van der Waals surface area contributed by atoms with Crippen molar-refractivity contribution in [1.29, 1.82) is 0 Å². The van der Waals surface area contributed by atoms with Crippen molar-refractivity contribution in [3.8, 4) is 0 Å². The monoisotopic (exact) mass is 143 g/mol. The molecular weight excluding hydrogens is 138 g/mol. The van der Waals surface area contributed by atoms with Crippen LogP contribution in [0, 0.1) is 5.92 Å². The zero-order valence-corrected chi connectivity index (χ0v) is 6.66. The fourth-order valence-corrected chi connectivity index (χ4v) is 0.309. The molecular formula is C4H6ClMgNO. The fraction of sp³-hybridized carbons (Fsp3) is 0.500. The Bertz CT molecular complexity index is 84.1. The first-order valence-electron chi connectivity index (χ1n) is 1.95. The van der Waals surface area contributed by atoms with Crippen LogP contribution >= 0.6 is 0 Å². The summed E-state index contributed by atoms with van der Waals surface area (Å²) in [6, 6.07) is 0. The molecule has 1 saturated carbocycles. The van der Waals surface area contributed by atoms with Gasteiger partial charge < -0.3 is 22.9 Å². The number of hydrogen-bond donors (Lipinski definition) is 1. The molecule has 0 atom stereocenters. The van der Waals surface area contributed by atoms with Crippen LogP contribution in [0.5, 0.6) is 0 Å². The van der Waals surface area contributed by atoms with E-state index in [1.54, 1.807) is 0 Å². The smallest absolute Gasteiger partial charge is 1.00 e. The fourth-order valence-electron chi connectivity index (χ4n) is 0.309. The summed E-state index contributed by atoms with van der Waals surface area (Å²) in [5, 5.41) is 0. The summed E-state index contributed by atoms with van der Waals surface area (Å²) in [6.07, 6.45) is 1.88. The molecule has 0 aromatic heterocycles. The van der Waals surface area contributed by atoms with Crippen molar-refractivity contribution in [3.05, 3.63) is 5.92 Å². The molecule has 0 aromatic rings. The van der Waals surface area contributed by atoms with Crippen LogP contribution in [0.3, 0.4) is 0 Å². The molecule has 0 unspecified atom stereocenters. The Hall–Kier alpha value is 0.396. The second-order valence-electron chi connectivity index (χ2n) is 1.47. The molecule has 2 N–H and O–H groups in total. The van der Waals surface area contributed by atoms with E-state index >= 15 is 0 Å². The van der Waals surface area contributed by atoms with E-state index in [0.717, 1.165) is 18.8 Å². The van der Waals surface area contributed by atoms with Crippen molar-refractivity contribution in [1.82, 2.24) is 0 Å². The van der Waals surface area contributed by atoms with Crippen molar-refractivity contribution in [2.75, 3.05) is 0 Å². The van der Waals surface area contributed by atoms with E-state index in [2.05, 4.69) is 0 Å². The SMILES string of the molecule is NC(=O)[C-]1CC1.[Cl-].[Mg+2]. The minimum Gasteiger partial charge on any atom is -1.00 e. The number of carbonyl (C=O) groups excluding carboxylic acids is 1. The van der Waals surface area contributed by atoms with Crippen molar-refractivity contribution in [2.24, 2.45) is 5.73 Å². The molecule has 0 bridgehead atoms. The summed E-state index contributed by atoms with van der Waals surface area (Å²) in [6.45, 7) is 0. The van der Waals surface area contributed by atoms with Crippen LogP contribution in [0.15, 0.2) is 0 Å². The molecule has 0 heterocycles. The quantitative estimate of drug-likeness (QED) is 0.300. The largest absolute Gasteiger partial charge is 2.00 e. The molecule has 1 amide bonds. The number of carbonyl (C=O) groups is 1. The van der Waals surface area contributed by atoms with E-state index in [-0.39, 0.29) is 41.4 Å². The van der Waals surface area contributed by atoms with Gasteiger partial charge in [-0.25, -0.2) is 0 Å². The third kappa shape index (κ3) is 3.40. The first-order chi connectivity index (χ1) is 2.80. The van der Waals surface area contributed by atoms with Crippen LogP contribution in [0.1, 0.15) is 12.8 Å². The number of rotatable bonds is 1. The molecule has 2 nitrogen and oxygen atoms in total. The number of hydrogen-bond acceptors (Lipinski definition) is 1. The Morgan fingerprint density at radius 3 is 1.88 bits per heavy atom.